The largest absolute Gasteiger partial charge is 0.462 e. The summed E-state index contributed by atoms with van der Waals surface area (Å²) in [6.07, 6.45) is 79.7. The van der Waals surface area contributed by atoms with Gasteiger partial charge in [-0.1, -0.05) is 259 Å². The van der Waals surface area contributed by atoms with Gasteiger partial charge in [0.15, 0.2) is 6.10 Å². The number of allylic oxidation sites excluding steroid dienone is 16. The Labute approximate surface area is 445 Å². The molecule has 412 valence electrons. The van der Waals surface area contributed by atoms with Crippen LogP contribution in [0.5, 0.6) is 0 Å². The van der Waals surface area contributed by atoms with E-state index >= 15 is 0 Å². The second kappa shape index (κ2) is 59.9. The zero-order valence-corrected chi connectivity index (χ0v) is 47.2. The Morgan fingerprint density at radius 3 is 0.889 bits per heavy atom. The van der Waals surface area contributed by atoms with E-state index in [0.717, 1.165) is 122 Å². The van der Waals surface area contributed by atoms with Gasteiger partial charge in [-0.25, -0.2) is 0 Å². The van der Waals surface area contributed by atoms with Crippen LogP contribution in [0.1, 0.15) is 284 Å². The molecule has 0 fully saturated rings. The highest BCUT2D eigenvalue weighted by Crippen LogP contribution is 2.16. The van der Waals surface area contributed by atoms with Crippen molar-refractivity contribution in [2.24, 2.45) is 0 Å². The monoisotopic (exact) mass is 1000 g/mol. The van der Waals surface area contributed by atoms with Crippen LogP contribution in [-0.4, -0.2) is 37.2 Å². The Kier molecular flexibility index (Phi) is 56.8. The molecule has 0 rings (SSSR count). The summed E-state index contributed by atoms with van der Waals surface area (Å²) in [4.78, 5) is 38.2. The zero-order valence-electron chi connectivity index (χ0n) is 47.2. The number of esters is 3. The first-order valence-electron chi connectivity index (χ1n) is 30.2. The Morgan fingerprint density at radius 1 is 0.292 bits per heavy atom. The lowest BCUT2D eigenvalue weighted by Crippen LogP contribution is -2.30. The maximum Gasteiger partial charge on any atom is 0.306 e. The number of hydrogen-bond donors (Lipinski definition) is 0. The molecule has 0 aromatic carbocycles. The summed E-state index contributed by atoms with van der Waals surface area (Å²) < 4.78 is 16.9. The molecule has 0 aliphatic rings. The van der Waals surface area contributed by atoms with Crippen LogP contribution in [0, 0.1) is 0 Å². The topological polar surface area (TPSA) is 78.9 Å². The van der Waals surface area contributed by atoms with E-state index < -0.39 is 6.10 Å². The fraction of sp³-hybridized carbons (Fsp3) is 0.712. The number of unbranched alkanes of at least 4 members (excludes halogenated alkanes) is 27. The van der Waals surface area contributed by atoms with Crippen LogP contribution in [0.3, 0.4) is 0 Å². The molecule has 0 unspecified atom stereocenters. The van der Waals surface area contributed by atoms with Gasteiger partial charge in [-0.2, -0.15) is 0 Å². The molecule has 0 aliphatic carbocycles. The molecule has 0 saturated heterocycles. The zero-order chi connectivity index (χ0) is 52.2. The van der Waals surface area contributed by atoms with Crippen molar-refractivity contribution in [3.05, 3.63) is 97.2 Å². The number of ether oxygens (including phenoxy) is 3. The van der Waals surface area contributed by atoms with Crippen LogP contribution in [0.25, 0.3) is 0 Å². The second-order valence-corrected chi connectivity index (χ2v) is 19.9. The average molecular weight is 1000 g/mol. The van der Waals surface area contributed by atoms with Gasteiger partial charge in [-0.05, 0) is 103 Å². The molecule has 0 amide bonds. The van der Waals surface area contributed by atoms with Crippen molar-refractivity contribution >= 4 is 17.9 Å². The molecule has 0 radical (unpaired) electrons. The Balaban J connectivity index is 4.47. The van der Waals surface area contributed by atoms with E-state index in [4.69, 9.17) is 14.2 Å². The number of carbonyl (C=O) groups excluding carboxylic acids is 3. The summed E-state index contributed by atoms with van der Waals surface area (Å²) in [6, 6.07) is 0. The molecule has 0 aromatic rings. The molecule has 6 heteroatoms. The summed E-state index contributed by atoms with van der Waals surface area (Å²) in [5.41, 5.74) is 0. The lowest BCUT2D eigenvalue weighted by Gasteiger charge is -2.18. The van der Waals surface area contributed by atoms with E-state index in [2.05, 4.69) is 118 Å². The molecule has 0 N–H and O–H groups in total. The van der Waals surface area contributed by atoms with Crippen molar-refractivity contribution in [1.82, 2.24) is 0 Å². The number of hydrogen-bond acceptors (Lipinski definition) is 6. The SMILES string of the molecule is CC/C=C/C/C=C/C/C=C/C/C=C/C/C=C/CCCCCC(=O)OC[C@@H](COC(=O)CCCCCC/C=C/C/C=C/C/C=C/CCCCC)OC(=O)CCCCCCCCCCCCCCCCCCCC. The van der Waals surface area contributed by atoms with Gasteiger partial charge in [0.1, 0.15) is 13.2 Å². The first-order valence-corrected chi connectivity index (χ1v) is 30.2. The van der Waals surface area contributed by atoms with E-state index in [1.165, 1.54) is 122 Å². The smallest absolute Gasteiger partial charge is 0.306 e. The van der Waals surface area contributed by atoms with Gasteiger partial charge in [-0.3, -0.25) is 14.4 Å². The average Bonchev–Trinajstić information content (AvgIpc) is 3.38. The van der Waals surface area contributed by atoms with Crippen molar-refractivity contribution in [2.45, 2.75) is 290 Å². The van der Waals surface area contributed by atoms with Crippen LogP contribution in [0.15, 0.2) is 97.2 Å². The lowest BCUT2D eigenvalue weighted by atomic mass is 10.0. The third-order valence-electron chi connectivity index (χ3n) is 12.8. The summed E-state index contributed by atoms with van der Waals surface area (Å²) in [5, 5.41) is 0. The maximum absolute atomic E-state index is 12.9. The Hall–Kier alpha value is -3.67. The Morgan fingerprint density at radius 2 is 0.542 bits per heavy atom. The number of rotatable bonds is 54. The molecule has 0 heterocycles. The van der Waals surface area contributed by atoms with Gasteiger partial charge in [0, 0.05) is 19.3 Å². The van der Waals surface area contributed by atoms with E-state index in [0.29, 0.717) is 19.3 Å². The first kappa shape index (κ1) is 68.3. The van der Waals surface area contributed by atoms with E-state index in [-0.39, 0.29) is 31.1 Å². The van der Waals surface area contributed by atoms with Gasteiger partial charge in [0.2, 0.25) is 0 Å². The van der Waals surface area contributed by atoms with Crippen molar-refractivity contribution < 1.29 is 28.6 Å². The predicted molar refractivity (Wildman–Crippen MR) is 311 cm³/mol. The number of carbonyl (C=O) groups is 3. The Bertz CT molecular complexity index is 1430. The van der Waals surface area contributed by atoms with Crippen molar-refractivity contribution in [1.29, 1.82) is 0 Å². The van der Waals surface area contributed by atoms with Gasteiger partial charge >= 0.3 is 17.9 Å². The third kappa shape index (κ3) is 57.2. The minimum atomic E-state index is -0.801. The highest BCUT2D eigenvalue weighted by Gasteiger charge is 2.19. The molecule has 6 nitrogen and oxygen atoms in total. The highest BCUT2D eigenvalue weighted by atomic mass is 16.6. The summed E-state index contributed by atoms with van der Waals surface area (Å²) >= 11 is 0. The van der Waals surface area contributed by atoms with E-state index in [9.17, 15) is 14.4 Å². The minimum absolute atomic E-state index is 0.0985. The van der Waals surface area contributed by atoms with Crippen LogP contribution in [0.2, 0.25) is 0 Å². The van der Waals surface area contributed by atoms with Crippen LogP contribution in [-0.2, 0) is 28.6 Å². The molecular formula is C66H112O6. The van der Waals surface area contributed by atoms with Crippen LogP contribution in [0.4, 0.5) is 0 Å². The van der Waals surface area contributed by atoms with E-state index in [1.807, 2.05) is 0 Å². The lowest BCUT2D eigenvalue weighted by molar-refractivity contribution is -0.167. The summed E-state index contributed by atoms with van der Waals surface area (Å²) in [6.45, 7) is 6.47. The van der Waals surface area contributed by atoms with Crippen molar-refractivity contribution in [2.75, 3.05) is 13.2 Å². The molecule has 0 spiro atoms. The normalized spacial score (nSPS) is 12.8. The van der Waals surface area contributed by atoms with Crippen LogP contribution >= 0.6 is 0 Å². The fourth-order valence-corrected chi connectivity index (χ4v) is 8.30. The molecule has 72 heavy (non-hydrogen) atoms. The third-order valence-corrected chi connectivity index (χ3v) is 12.8. The first-order chi connectivity index (χ1) is 35.5. The minimum Gasteiger partial charge on any atom is -0.462 e. The molecule has 1 atom stereocenters. The van der Waals surface area contributed by atoms with Crippen LogP contribution < -0.4 is 0 Å². The van der Waals surface area contributed by atoms with Gasteiger partial charge < -0.3 is 14.2 Å². The summed E-state index contributed by atoms with van der Waals surface area (Å²) in [7, 11) is 0. The van der Waals surface area contributed by atoms with Gasteiger partial charge in [-0.15, -0.1) is 0 Å². The van der Waals surface area contributed by atoms with Crippen molar-refractivity contribution in [3.63, 3.8) is 0 Å². The second-order valence-electron chi connectivity index (χ2n) is 19.9. The maximum atomic E-state index is 12.9. The fourth-order valence-electron chi connectivity index (χ4n) is 8.30. The van der Waals surface area contributed by atoms with Gasteiger partial charge in [0.25, 0.3) is 0 Å². The molecule has 0 aromatic heterocycles. The standard InChI is InChI=1S/C66H112O6/c1-4-7-10-13-16-19-22-25-28-31-33-36-38-41-44-47-50-53-56-59-65(68)71-62-63(61-70-64(67)58-55-52-49-46-43-40-37-34-30-27-24-21-18-15-12-9-6-3)72-66(69)60-57-54-51-48-45-42-39-35-32-29-26-23-20-17-14-11-8-5-2/h7,10,16,18-19,21,25,27-28,30,33,36-37,40-41,44,63H,4-6,8-9,11-15,17,20,22-24,26,29,31-32,34-35,38-39,42-43,45-62H2,1-3H3/b10-7+,19-16+,21-18+,28-25+,30-27+,36-33+,40-37+,44-41+/t63-/m1/s1. The highest BCUT2D eigenvalue weighted by molar-refractivity contribution is 5.71. The quantitative estimate of drug-likeness (QED) is 0.0261. The van der Waals surface area contributed by atoms with E-state index in [1.54, 1.807) is 0 Å². The summed E-state index contributed by atoms with van der Waals surface area (Å²) in [5.74, 6) is -0.942. The predicted octanol–water partition coefficient (Wildman–Crippen LogP) is 20.5. The van der Waals surface area contributed by atoms with Gasteiger partial charge in [0.05, 0.1) is 0 Å². The molecule has 0 aliphatic heterocycles. The molecular weight excluding hydrogens is 889 g/mol. The molecule has 0 bridgehead atoms. The van der Waals surface area contributed by atoms with Crippen molar-refractivity contribution in [3.8, 4) is 0 Å². The molecule has 0 saturated carbocycles.